The first kappa shape index (κ1) is 11.4. The van der Waals surface area contributed by atoms with Crippen molar-refractivity contribution < 1.29 is 48.3 Å². The van der Waals surface area contributed by atoms with Gasteiger partial charge in [0.25, 0.3) is 0 Å². The predicted molar refractivity (Wildman–Crippen MR) is 216 cm³/mol. The lowest BCUT2D eigenvalue weighted by atomic mass is 9.85. The van der Waals surface area contributed by atoms with E-state index in [1.54, 1.807) is 0 Å². The van der Waals surface area contributed by atoms with Gasteiger partial charge < -0.3 is 4.42 Å². The molecule has 0 atom stereocenters. The van der Waals surface area contributed by atoms with Gasteiger partial charge in [-0.15, -0.1) is 0 Å². The molecule has 0 aliphatic carbocycles. The summed E-state index contributed by atoms with van der Waals surface area (Å²) in [7, 11) is 0. The van der Waals surface area contributed by atoms with E-state index in [4.69, 9.17) is 30.5 Å². The van der Waals surface area contributed by atoms with Gasteiger partial charge >= 0.3 is 0 Å². The molecule has 0 saturated heterocycles. The fourth-order valence-corrected chi connectivity index (χ4v) is 5.79. The lowest BCUT2D eigenvalue weighted by Gasteiger charge is -2.17. The first-order chi connectivity index (χ1) is 38.6. The minimum Gasteiger partial charge on any atom is -0.455 e. The highest BCUT2D eigenvalue weighted by Gasteiger charge is 2.19. The van der Waals surface area contributed by atoms with Crippen LogP contribution in [0.2, 0.25) is 0 Å². The number of hydrogen-bond acceptors (Lipinski definition) is 1. The highest BCUT2D eigenvalue weighted by Crippen LogP contribution is 2.46. The lowest BCUT2D eigenvalue weighted by Crippen LogP contribution is -1.90. The summed E-state index contributed by atoms with van der Waals surface area (Å²) in [6, 6.07) is -32.3. The monoisotopic (exact) mass is 680 g/mol. The van der Waals surface area contributed by atoms with Crippen LogP contribution >= 0.6 is 0 Å². The van der Waals surface area contributed by atoms with Crippen molar-refractivity contribution in [2.24, 2.45) is 0 Å². The molecular weight excluding hydrogens is 617 g/mol. The smallest absolute Gasteiger partial charge is 0.143 e. The summed E-state index contributed by atoms with van der Waals surface area (Å²) in [6.07, 6.45) is 0. The van der Waals surface area contributed by atoms with Crippen LogP contribution in [0.4, 0.5) is 0 Å². The Morgan fingerprint density at radius 2 is 0.706 bits per heavy atom. The van der Waals surface area contributed by atoms with Crippen LogP contribution in [0.5, 0.6) is 0 Å². The minimum absolute atomic E-state index is 0.726. The molecule has 0 N–H and O–H groups in total. The molecule has 0 spiro atoms. The van der Waals surface area contributed by atoms with Crippen molar-refractivity contribution in [2.45, 2.75) is 0 Å². The Morgan fingerprint density at radius 1 is 0.294 bits per heavy atom. The summed E-state index contributed by atoms with van der Waals surface area (Å²) < 4.78 is 294. The van der Waals surface area contributed by atoms with Gasteiger partial charge in [-0.05, 0) is 95.8 Å². The SMILES string of the molecule is [2H]c1c([2H])c([2H])c(-c2c([2H])c([2H])c(-c3c([2H])c(-c4c([2H])c([2H])c([2H])c([2H])c4[2H])c([2H])c4c3oc3c([2H])c([2H])c(-c5c6c([2H])c([2H])c([2H])c([2H])c6c(-c6c([2H])c([2H])c([2H])c([2H])c6[2H])c6c([2H])c([2H])c([2H])c([2H])c56)c([2H])c34)c([2H])c2[2H])c([2H])c1[2H]. The Balaban J connectivity index is 1.49. The second kappa shape index (κ2) is 12.0. The average molecular weight is 681 g/mol. The maximum atomic E-state index is 10.1. The Hall–Kier alpha value is -6.70. The Labute approximate surface area is 341 Å². The van der Waals surface area contributed by atoms with Crippen LogP contribution in [0.25, 0.3) is 99.1 Å². The van der Waals surface area contributed by atoms with E-state index in [-0.39, 0.29) is 0 Å². The normalized spacial score (nSPS) is 20.3. The van der Waals surface area contributed by atoms with Gasteiger partial charge in [-0.3, -0.25) is 0 Å². The second-order valence-corrected chi connectivity index (χ2v) is 10.8. The minimum atomic E-state index is -1.12. The molecule has 0 amide bonds. The molecule has 10 rings (SSSR count). The average Bonchev–Trinajstić information content (AvgIpc) is 2.36. The number of hydrogen-bond donors (Lipinski definition) is 0. The summed E-state index contributed by atoms with van der Waals surface area (Å²) in [4.78, 5) is 0. The van der Waals surface area contributed by atoms with E-state index < -0.39 is 292 Å². The van der Waals surface area contributed by atoms with Gasteiger partial charge in [0, 0.05) is 16.3 Å². The van der Waals surface area contributed by atoms with E-state index in [0.29, 0.717) is 0 Å². The van der Waals surface area contributed by atoms with Gasteiger partial charge in [-0.2, -0.15) is 0 Å². The van der Waals surface area contributed by atoms with Crippen LogP contribution in [0.3, 0.4) is 0 Å². The Bertz CT molecular complexity index is 4550. The Kier molecular flexibility index (Phi) is 2.69. The van der Waals surface area contributed by atoms with Gasteiger partial charge in [0.15, 0.2) is 0 Å². The fraction of sp³-hybridized carbons (Fsp3) is 0. The van der Waals surface area contributed by atoms with Crippen molar-refractivity contribution in [3.05, 3.63) is 193 Å². The van der Waals surface area contributed by atoms with Crippen LogP contribution < -0.4 is 0 Å². The van der Waals surface area contributed by atoms with Crippen molar-refractivity contribution in [2.75, 3.05) is 0 Å². The molecule has 51 heavy (non-hydrogen) atoms. The molecule has 0 fully saturated rings. The topological polar surface area (TPSA) is 13.1 Å². The van der Waals surface area contributed by atoms with E-state index in [0.717, 1.165) is 0 Å². The van der Waals surface area contributed by atoms with Gasteiger partial charge in [0.05, 0.1) is 43.9 Å². The van der Waals surface area contributed by atoms with E-state index >= 15 is 0 Å². The molecule has 1 aromatic heterocycles. The molecular formula is C50H32O. The lowest BCUT2D eigenvalue weighted by molar-refractivity contribution is 0.670. The van der Waals surface area contributed by atoms with Crippen molar-refractivity contribution in [3.63, 3.8) is 0 Å². The van der Waals surface area contributed by atoms with Crippen molar-refractivity contribution >= 4 is 43.5 Å². The molecule has 0 unspecified atom stereocenters. The Morgan fingerprint density at radius 3 is 1.27 bits per heavy atom. The first-order valence-electron chi connectivity index (χ1n) is 30.9. The third-order valence-corrected chi connectivity index (χ3v) is 7.94. The van der Waals surface area contributed by atoms with Gasteiger partial charge in [-0.25, -0.2) is 0 Å². The molecule has 10 aromatic rings. The van der Waals surface area contributed by atoms with Crippen LogP contribution in [-0.2, 0) is 0 Å². The standard InChI is InChI=1S/C50H32O/c1-4-14-33(15-5-1)35-24-26-36(27-25-35)44-31-39(34-16-6-2-7-17-34)32-46-45-30-38(28-29-47(45)51-50(44)46)49-42-22-12-10-20-40(42)48(37-18-8-3-9-19-37)41-21-11-13-23-43(41)49/h1-32H/i1D,2D,3D,4D,5D,6D,7D,8D,9D,10D,11D,12D,13D,14D,15D,16D,17D,18D,19D,20D,21D,22D,23D,24D,25D,26D,27D,28D,29D,30D,31D,32D. The molecule has 9 aromatic carbocycles. The first-order valence-corrected chi connectivity index (χ1v) is 14.9. The molecule has 0 aliphatic heterocycles. The van der Waals surface area contributed by atoms with Crippen LogP contribution in [-0.4, -0.2) is 0 Å². The number of furan rings is 1. The number of rotatable bonds is 5. The zero-order valence-electron chi connectivity index (χ0n) is 57.4. The molecule has 1 heteroatoms. The number of fused-ring (bicyclic) bond motifs is 5. The van der Waals surface area contributed by atoms with Gasteiger partial charge in [0.2, 0.25) is 0 Å². The predicted octanol–water partition coefficient (Wildman–Crippen LogP) is 14.2. The van der Waals surface area contributed by atoms with Crippen LogP contribution in [0.15, 0.2) is 198 Å². The molecule has 1 heterocycles. The van der Waals surface area contributed by atoms with Crippen molar-refractivity contribution in [3.8, 4) is 55.6 Å². The molecule has 1 nitrogen and oxygen atoms in total. The highest BCUT2D eigenvalue weighted by atomic mass is 16.3. The van der Waals surface area contributed by atoms with E-state index in [1.165, 1.54) is 0 Å². The summed E-state index contributed by atoms with van der Waals surface area (Å²) in [5, 5.41) is -4.62. The quantitative estimate of drug-likeness (QED) is 0.165. The van der Waals surface area contributed by atoms with Crippen molar-refractivity contribution in [1.82, 2.24) is 0 Å². The summed E-state index contributed by atoms with van der Waals surface area (Å²) in [5.74, 6) is 0. The highest BCUT2D eigenvalue weighted by molar-refractivity contribution is 6.22. The zero-order chi connectivity index (χ0) is 61.6. The maximum Gasteiger partial charge on any atom is 0.143 e. The summed E-state index contributed by atoms with van der Waals surface area (Å²) in [5.41, 5.74) is -10.1. The third-order valence-electron chi connectivity index (χ3n) is 7.94. The summed E-state index contributed by atoms with van der Waals surface area (Å²) in [6.45, 7) is 0. The van der Waals surface area contributed by atoms with Crippen LogP contribution in [0.1, 0.15) is 43.9 Å². The molecule has 238 valence electrons. The summed E-state index contributed by atoms with van der Waals surface area (Å²) >= 11 is 0. The molecule has 0 saturated carbocycles. The maximum absolute atomic E-state index is 10.1. The van der Waals surface area contributed by atoms with E-state index in [1.807, 2.05) is 0 Å². The van der Waals surface area contributed by atoms with Gasteiger partial charge in [-0.1, -0.05) is 169 Å². The van der Waals surface area contributed by atoms with Crippen molar-refractivity contribution in [1.29, 1.82) is 0 Å². The molecule has 0 radical (unpaired) electrons. The second-order valence-electron chi connectivity index (χ2n) is 10.8. The van der Waals surface area contributed by atoms with E-state index in [2.05, 4.69) is 0 Å². The molecule has 0 bridgehead atoms. The number of benzene rings is 9. The third kappa shape index (κ3) is 4.94. The molecule has 0 aliphatic rings. The van der Waals surface area contributed by atoms with Gasteiger partial charge in [0.1, 0.15) is 11.2 Å². The fourth-order valence-electron chi connectivity index (χ4n) is 5.79. The zero-order valence-corrected chi connectivity index (χ0v) is 25.4. The van der Waals surface area contributed by atoms with E-state index in [9.17, 15) is 17.8 Å². The van der Waals surface area contributed by atoms with Crippen LogP contribution in [0, 0.1) is 0 Å². The largest absolute Gasteiger partial charge is 0.455 e.